The molecule has 0 radical (unpaired) electrons. The Bertz CT molecular complexity index is 939. The maximum absolute atomic E-state index is 12.8. The minimum Gasteiger partial charge on any atom is -0.307 e. The second-order valence-corrected chi connectivity index (χ2v) is 7.20. The molecule has 27 heavy (non-hydrogen) atoms. The highest BCUT2D eigenvalue weighted by molar-refractivity contribution is 5.97. The number of allylic oxidation sites excluding steroid dienone is 1. The van der Waals surface area contributed by atoms with Gasteiger partial charge >= 0.3 is 6.03 Å². The van der Waals surface area contributed by atoms with Crippen molar-refractivity contribution in [3.63, 3.8) is 0 Å². The molecule has 0 saturated carbocycles. The number of carbonyl (C=O) groups excluding carboxylic acids is 1. The molecule has 3 rings (SSSR count). The van der Waals surface area contributed by atoms with Gasteiger partial charge in [-0.3, -0.25) is 0 Å². The molecular weight excluding hydrogens is 334 g/mol. The lowest BCUT2D eigenvalue weighted by Gasteiger charge is -2.35. The molecular formula is C23H25N3O. The van der Waals surface area contributed by atoms with Crippen molar-refractivity contribution >= 4 is 17.4 Å². The normalized spacial score (nSPS) is 18.4. The highest BCUT2D eigenvalue weighted by atomic mass is 16.2. The van der Waals surface area contributed by atoms with Gasteiger partial charge in [-0.1, -0.05) is 63.2 Å². The Morgan fingerprint density at radius 1 is 1.11 bits per heavy atom. The molecule has 2 aromatic carbocycles. The van der Waals surface area contributed by atoms with Gasteiger partial charge in [-0.05, 0) is 36.5 Å². The van der Waals surface area contributed by atoms with Gasteiger partial charge in [0, 0.05) is 16.7 Å². The maximum atomic E-state index is 12.8. The zero-order valence-corrected chi connectivity index (χ0v) is 16.1. The van der Waals surface area contributed by atoms with Crippen LogP contribution in [0.3, 0.4) is 0 Å². The van der Waals surface area contributed by atoms with Gasteiger partial charge in [-0.2, -0.15) is 5.26 Å². The molecule has 4 heteroatoms. The Hall–Kier alpha value is -3.06. The fourth-order valence-electron chi connectivity index (χ4n) is 3.70. The number of hydrogen-bond donors (Lipinski definition) is 2. The molecule has 0 heterocycles. The number of nitriles is 1. The SMILES string of the molecule is CCc1ccccc1NC(=O)NC1=C(C#N)C(C)(CC)Cc2ccccc21. The number of nitrogens with one attached hydrogen (secondary N) is 2. The highest BCUT2D eigenvalue weighted by Gasteiger charge is 2.36. The molecule has 2 N–H and O–H groups in total. The zero-order chi connectivity index (χ0) is 19.4. The quantitative estimate of drug-likeness (QED) is 0.780. The van der Waals surface area contributed by atoms with E-state index in [1.54, 1.807) is 0 Å². The largest absolute Gasteiger partial charge is 0.323 e. The fraction of sp³-hybridized carbons (Fsp3) is 0.304. The Morgan fingerprint density at radius 3 is 2.52 bits per heavy atom. The van der Waals surface area contributed by atoms with E-state index in [-0.39, 0.29) is 11.4 Å². The number of nitrogens with zero attached hydrogens (tertiary/aromatic N) is 1. The molecule has 0 aromatic heterocycles. The molecule has 2 amide bonds. The average molecular weight is 359 g/mol. The number of para-hydroxylation sites is 1. The predicted molar refractivity (Wildman–Crippen MR) is 109 cm³/mol. The monoisotopic (exact) mass is 359 g/mol. The van der Waals surface area contributed by atoms with Crippen LogP contribution in [0.1, 0.15) is 43.9 Å². The summed E-state index contributed by atoms with van der Waals surface area (Å²) in [5, 5.41) is 15.8. The number of aryl methyl sites for hydroxylation is 1. The first kappa shape index (κ1) is 18.7. The van der Waals surface area contributed by atoms with E-state index in [0.29, 0.717) is 11.3 Å². The van der Waals surface area contributed by atoms with Crippen LogP contribution in [0.4, 0.5) is 10.5 Å². The molecule has 1 atom stereocenters. The summed E-state index contributed by atoms with van der Waals surface area (Å²) in [5.41, 5.74) is 4.93. The van der Waals surface area contributed by atoms with Crippen molar-refractivity contribution in [3.8, 4) is 6.07 Å². The minimum atomic E-state index is -0.325. The van der Waals surface area contributed by atoms with E-state index in [1.807, 2.05) is 42.5 Å². The molecule has 0 bridgehead atoms. The lowest BCUT2D eigenvalue weighted by Crippen LogP contribution is -2.35. The third-order valence-electron chi connectivity index (χ3n) is 5.50. The topological polar surface area (TPSA) is 64.9 Å². The number of rotatable bonds is 4. The minimum absolute atomic E-state index is 0.285. The number of fused-ring (bicyclic) bond motifs is 1. The molecule has 1 aliphatic rings. The predicted octanol–water partition coefficient (Wildman–Crippen LogP) is 5.28. The zero-order valence-electron chi connectivity index (χ0n) is 16.1. The van der Waals surface area contributed by atoms with E-state index in [4.69, 9.17) is 0 Å². The van der Waals surface area contributed by atoms with Gasteiger partial charge in [0.05, 0.1) is 17.3 Å². The first-order valence-electron chi connectivity index (χ1n) is 9.41. The average Bonchev–Trinajstić information content (AvgIpc) is 2.68. The molecule has 2 aromatic rings. The van der Waals surface area contributed by atoms with E-state index in [2.05, 4.69) is 43.5 Å². The number of carbonyl (C=O) groups is 1. The summed E-state index contributed by atoms with van der Waals surface area (Å²) in [5.74, 6) is 0. The van der Waals surface area contributed by atoms with Gasteiger partial charge in [0.2, 0.25) is 0 Å². The van der Waals surface area contributed by atoms with Crippen LogP contribution in [0.5, 0.6) is 0 Å². The van der Waals surface area contributed by atoms with Crippen molar-refractivity contribution in [2.45, 2.75) is 40.0 Å². The van der Waals surface area contributed by atoms with E-state index in [0.717, 1.165) is 41.6 Å². The van der Waals surface area contributed by atoms with E-state index in [1.165, 1.54) is 0 Å². The summed E-state index contributed by atoms with van der Waals surface area (Å²) in [6.07, 6.45) is 2.46. The van der Waals surface area contributed by atoms with Crippen LogP contribution in [0.25, 0.3) is 5.70 Å². The summed E-state index contributed by atoms with van der Waals surface area (Å²) in [4.78, 5) is 12.8. The maximum Gasteiger partial charge on any atom is 0.323 e. The van der Waals surface area contributed by atoms with Crippen LogP contribution in [0.2, 0.25) is 0 Å². The lowest BCUT2D eigenvalue weighted by atomic mass is 9.69. The first-order valence-corrected chi connectivity index (χ1v) is 9.41. The molecule has 0 aliphatic heterocycles. The van der Waals surface area contributed by atoms with Gasteiger partial charge in [0.25, 0.3) is 0 Å². The number of hydrogen-bond acceptors (Lipinski definition) is 2. The van der Waals surface area contributed by atoms with E-state index >= 15 is 0 Å². The number of benzene rings is 2. The van der Waals surface area contributed by atoms with E-state index in [9.17, 15) is 10.1 Å². The second kappa shape index (κ2) is 7.67. The van der Waals surface area contributed by atoms with Crippen LogP contribution < -0.4 is 10.6 Å². The van der Waals surface area contributed by atoms with Gasteiger partial charge in [-0.25, -0.2) is 4.79 Å². The summed E-state index contributed by atoms with van der Waals surface area (Å²) >= 11 is 0. The second-order valence-electron chi connectivity index (χ2n) is 7.20. The highest BCUT2D eigenvalue weighted by Crippen LogP contribution is 2.43. The molecule has 4 nitrogen and oxygen atoms in total. The standard InChI is InChI=1S/C23H25N3O/c1-4-16-10-7-9-13-20(16)25-22(27)26-21-18-12-8-6-11-17(18)14-23(3,5-2)19(21)15-24/h6-13H,4-5,14H2,1-3H3,(H2,25,26,27). The van der Waals surface area contributed by atoms with E-state index < -0.39 is 0 Å². The smallest absolute Gasteiger partial charge is 0.307 e. The molecule has 1 unspecified atom stereocenters. The van der Waals surface area contributed by atoms with Crippen molar-refractivity contribution in [3.05, 3.63) is 70.8 Å². The van der Waals surface area contributed by atoms with Gasteiger partial charge in [-0.15, -0.1) is 0 Å². The van der Waals surface area contributed by atoms with Crippen LogP contribution in [-0.4, -0.2) is 6.03 Å². The molecule has 1 aliphatic carbocycles. The summed E-state index contributed by atoms with van der Waals surface area (Å²) < 4.78 is 0. The van der Waals surface area contributed by atoms with Gasteiger partial charge in [0.15, 0.2) is 0 Å². The number of urea groups is 1. The Labute approximate surface area is 160 Å². The number of amides is 2. The third-order valence-corrected chi connectivity index (χ3v) is 5.50. The lowest BCUT2D eigenvalue weighted by molar-refractivity contribution is 0.255. The van der Waals surface area contributed by atoms with Crippen molar-refractivity contribution in [1.82, 2.24) is 5.32 Å². The van der Waals surface area contributed by atoms with Crippen LogP contribution in [0, 0.1) is 16.7 Å². The molecule has 0 fully saturated rings. The first-order chi connectivity index (χ1) is 13.0. The fourth-order valence-corrected chi connectivity index (χ4v) is 3.70. The Balaban J connectivity index is 1.97. The van der Waals surface area contributed by atoms with Crippen molar-refractivity contribution < 1.29 is 4.79 Å². The molecule has 0 saturated heterocycles. The molecule has 0 spiro atoms. The summed E-state index contributed by atoms with van der Waals surface area (Å²) in [6, 6.07) is 17.8. The van der Waals surface area contributed by atoms with Gasteiger partial charge < -0.3 is 10.6 Å². The van der Waals surface area contributed by atoms with Crippen molar-refractivity contribution in [2.24, 2.45) is 5.41 Å². The molecule has 138 valence electrons. The van der Waals surface area contributed by atoms with Crippen LogP contribution in [0.15, 0.2) is 54.1 Å². The van der Waals surface area contributed by atoms with Crippen molar-refractivity contribution in [2.75, 3.05) is 5.32 Å². The summed E-state index contributed by atoms with van der Waals surface area (Å²) in [7, 11) is 0. The summed E-state index contributed by atoms with van der Waals surface area (Å²) in [6.45, 7) is 6.23. The number of anilines is 1. The van der Waals surface area contributed by atoms with Crippen molar-refractivity contribution in [1.29, 1.82) is 5.26 Å². The van der Waals surface area contributed by atoms with Crippen LogP contribution >= 0.6 is 0 Å². The van der Waals surface area contributed by atoms with Gasteiger partial charge in [0.1, 0.15) is 0 Å². The Kier molecular flexibility index (Phi) is 5.32. The third kappa shape index (κ3) is 3.59. The van der Waals surface area contributed by atoms with Crippen LogP contribution in [-0.2, 0) is 12.8 Å². The Morgan fingerprint density at radius 2 is 1.81 bits per heavy atom.